The van der Waals surface area contributed by atoms with Crippen molar-refractivity contribution in [3.05, 3.63) is 36.9 Å². The molecule has 0 bridgehead atoms. The first-order chi connectivity index (χ1) is 10.4. The molecule has 1 saturated heterocycles. The molecule has 3 rings (SSSR count). The zero-order chi connectivity index (χ0) is 14.8. The van der Waals surface area contributed by atoms with Crippen LogP contribution in [0.2, 0.25) is 0 Å². The molecule has 0 aromatic carbocycles. The van der Waals surface area contributed by atoms with E-state index in [4.69, 9.17) is 0 Å². The summed E-state index contributed by atoms with van der Waals surface area (Å²) in [4.78, 5) is 13.4. The molecule has 0 unspecified atom stereocenters. The molecule has 0 radical (unpaired) electrons. The van der Waals surface area contributed by atoms with Gasteiger partial charge < -0.3 is 4.90 Å². The molecule has 9 heteroatoms. The summed E-state index contributed by atoms with van der Waals surface area (Å²) in [5.41, 5.74) is 0. The van der Waals surface area contributed by atoms with Gasteiger partial charge in [0, 0.05) is 51.0 Å². The van der Waals surface area contributed by atoms with Crippen LogP contribution in [0.15, 0.2) is 36.9 Å². The highest BCUT2D eigenvalue weighted by atomic mass is 35.5. The Morgan fingerprint density at radius 2 is 1.62 bits per heavy atom. The number of nitrogens with zero attached hydrogens (tertiary/aromatic N) is 5. The second-order valence-electron chi connectivity index (χ2n) is 5.00. The van der Waals surface area contributed by atoms with Crippen molar-refractivity contribution in [1.82, 2.24) is 25.1 Å². The zero-order valence-electron chi connectivity index (χ0n) is 13.9. The third kappa shape index (κ3) is 9.27. The average Bonchev–Trinajstić information content (AvgIpc) is 3.14. The van der Waals surface area contributed by atoms with Crippen molar-refractivity contribution in [2.75, 3.05) is 37.6 Å². The van der Waals surface area contributed by atoms with Crippen molar-refractivity contribution in [1.29, 1.82) is 0 Å². The third-order valence-electron chi connectivity index (χ3n) is 3.44. The summed E-state index contributed by atoms with van der Waals surface area (Å²) in [7, 11) is 0. The maximum Gasteiger partial charge on any atom is 0.225 e. The van der Waals surface area contributed by atoms with Gasteiger partial charge >= 0.3 is 0 Å². The lowest BCUT2D eigenvalue weighted by Gasteiger charge is -2.34. The van der Waals surface area contributed by atoms with Crippen molar-refractivity contribution in [2.24, 2.45) is 0 Å². The molecule has 0 saturated carbocycles. The predicted octanol–water partition coefficient (Wildman–Crippen LogP) is 3.07. The molecule has 138 valence electrons. The summed E-state index contributed by atoms with van der Waals surface area (Å²) in [5, 5.41) is 6.21. The molecule has 0 aliphatic carbocycles. The minimum Gasteiger partial charge on any atom is -0.338 e. The van der Waals surface area contributed by atoms with Gasteiger partial charge in [-0.1, -0.05) is 13.3 Å². The van der Waals surface area contributed by atoms with E-state index in [1.807, 2.05) is 24.5 Å². The fraction of sp³-hybridized carbons (Fsp3) is 0.533. The van der Waals surface area contributed by atoms with Gasteiger partial charge in [-0.05, 0) is 25.1 Å². The molecule has 1 aliphatic rings. The van der Waals surface area contributed by atoms with E-state index in [1.54, 1.807) is 12.4 Å². The van der Waals surface area contributed by atoms with Crippen molar-refractivity contribution in [3.63, 3.8) is 0 Å². The highest BCUT2D eigenvalue weighted by Crippen LogP contribution is 2.09. The van der Waals surface area contributed by atoms with Gasteiger partial charge in [-0.3, -0.25) is 10.00 Å². The number of hydrogen-bond acceptors (Lipinski definition) is 5. The monoisotopic (exact) mass is 396 g/mol. The standard InChI is InChI=1S/C12H20N4.C3H4N2.3ClH/c1-2-3-7-15-8-10-16(11-9-15)12-13-5-4-6-14-12;1-2-4-5-3-1;;;/h4-6H,2-3,7-11H2,1H3;1-3H,(H,4,5);3*1H. The van der Waals surface area contributed by atoms with Crippen LogP contribution in [0.5, 0.6) is 0 Å². The number of H-pyrrole nitrogens is 1. The summed E-state index contributed by atoms with van der Waals surface area (Å²) in [6, 6.07) is 3.70. The van der Waals surface area contributed by atoms with Crippen molar-refractivity contribution in [2.45, 2.75) is 19.8 Å². The van der Waals surface area contributed by atoms with Gasteiger partial charge in [0.2, 0.25) is 5.95 Å². The Kier molecular flexibility index (Phi) is 16.2. The number of hydrogen-bond donors (Lipinski definition) is 1. The Balaban J connectivity index is 0. The minimum atomic E-state index is 0. The van der Waals surface area contributed by atoms with E-state index in [-0.39, 0.29) is 37.2 Å². The fourth-order valence-electron chi connectivity index (χ4n) is 2.22. The van der Waals surface area contributed by atoms with Crippen LogP contribution in [-0.4, -0.2) is 57.8 Å². The molecule has 0 amide bonds. The number of unbranched alkanes of at least 4 members (excludes halogenated alkanes) is 1. The summed E-state index contributed by atoms with van der Waals surface area (Å²) in [5.74, 6) is 0.873. The molecule has 3 heterocycles. The van der Waals surface area contributed by atoms with Crippen LogP contribution in [0.25, 0.3) is 0 Å². The second kappa shape index (κ2) is 15.4. The SMILES string of the molecule is CCCCN1CCN(c2ncccn2)CC1.Cl.Cl.Cl.c1cn[nH]c1. The highest BCUT2D eigenvalue weighted by molar-refractivity contribution is 5.86. The maximum absolute atomic E-state index is 4.29. The number of aromatic amines is 1. The van der Waals surface area contributed by atoms with Gasteiger partial charge in [0.25, 0.3) is 0 Å². The van der Waals surface area contributed by atoms with Crippen molar-refractivity contribution >= 4 is 43.2 Å². The third-order valence-corrected chi connectivity index (χ3v) is 3.44. The van der Waals surface area contributed by atoms with Crippen molar-refractivity contribution < 1.29 is 0 Å². The molecular weight excluding hydrogens is 371 g/mol. The fourth-order valence-corrected chi connectivity index (χ4v) is 2.22. The normalized spacial score (nSPS) is 13.5. The largest absolute Gasteiger partial charge is 0.338 e. The second-order valence-corrected chi connectivity index (χ2v) is 5.00. The lowest BCUT2D eigenvalue weighted by Crippen LogP contribution is -2.47. The lowest BCUT2D eigenvalue weighted by molar-refractivity contribution is 0.253. The first kappa shape index (κ1) is 25.2. The first-order valence-corrected chi connectivity index (χ1v) is 7.58. The Morgan fingerprint density at radius 1 is 0.958 bits per heavy atom. The molecule has 0 spiro atoms. The van der Waals surface area contributed by atoms with Crippen molar-refractivity contribution in [3.8, 4) is 0 Å². The number of rotatable bonds is 4. The van der Waals surface area contributed by atoms with Gasteiger partial charge in [-0.15, -0.1) is 37.2 Å². The van der Waals surface area contributed by atoms with Crippen LogP contribution in [0, 0.1) is 0 Å². The summed E-state index contributed by atoms with van der Waals surface area (Å²) >= 11 is 0. The Labute approximate surface area is 162 Å². The molecule has 6 nitrogen and oxygen atoms in total. The number of nitrogens with one attached hydrogen (secondary N) is 1. The van der Waals surface area contributed by atoms with Crippen LogP contribution in [0.3, 0.4) is 0 Å². The molecule has 1 N–H and O–H groups in total. The molecule has 1 fully saturated rings. The van der Waals surface area contributed by atoms with Gasteiger partial charge in [-0.25, -0.2) is 9.97 Å². The Hall–Kier alpha value is -1.08. The van der Waals surface area contributed by atoms with E-state index in [9.17, 15) is 0 Å². The number of aromatic nitrogens is 4. The summed E-state index contributed by atoms with van der Waals surface area (Å²) in [6.45, 7) is 7.85. The first-order valence-electron chi connectivity index (χ1n) is 7.58. The van der Waals surface area contributed by atoms with Crippen LogP contribution in [0.1, 0.15) is 19.8 Å². The predicted molar refractivity (Wildman–Crippen MR) is 106 cm³/mol. The van der Waals surface area contributed by atoms with Crippen LogP contribution in [-0.2, 0) is 0 Å². The van der Waals surface area contributed by atoms with Crippen LogP contribution in [0.4, 0.5) is 5.95 Å². The van der Waals surface area contributed by atoms with E-state index in [0.717, 1.165) is 32.1 Å². The number of halogens is 3. The quantitative estimate of drug-likeness (QED) is 0.859. The highest BCUT2D eigenvalue weighted by Gasteiger charge is 2.17. The van der Waals surface area contributed by atoms with Gasteiger partial charge in [0.1, 0.15) is 0 Å². The molecule has 1 aliphatic heterocycles. The molecule has 0 atom stereocenters. The van der Waals surface area contributed by atoms with Gasteiger partial charge in [0.15, 0.2) is 0 Å². The van der Waals surface area contributed by atoms with Gasteiger partial charge in [0.05, 0.1) is 0 Å². The zero-order valence-corrected chi connectivity index (χ0v) is 16.3. The van der Waals surface area contributed by atoms with E-state index in [0.29, 0.717) is 0 Å². The van der Waals surface area contributed by atoms with E-state index >= 15 is 0 Å². The van der Waals surface area contributed by atoms with Gasteiger partial charge in [-0.2, -0.15) is 5.10 Å². The van der Waals surface area contributed by atoms with E-state index < -0.39 is 0 Å². The minimum absolute atomic E-state index is 0. The summed E-state index contributed by atoms with van der Waals surface area (Å²) in [6.07, 6.45) is 9.67. The Morgan fingerprint density at radius 3 is 2.08 bits per heavy atom. The molecule has 2 aromatic heterocycles. The van der Waals surface area contributed by atoms with Crippen LogP contribution < -0.4 is 4.90 Å². The molecular formula is C15H27Cl3N6. The average molecular weight is 398 g/mol. The number of piperazine rings is 1. The van der Waals surface area contributed by atoms with Crippen LogP contribution >= 0.6 is 37.2 Å². The summed E-state index contributed by atoms with van der Waals surface area (Å²) < 4.78 is 0. The molecule has 24 heavy (non-hydrogen) atoms. The maximum atomic E-state index is 4.29. The number of anilines is 1. The molecule has 2 aromatic rings. The topological polar surface area (TPSA) is 60.9 Å². The van der Waals surface area contributed by atoms with E-state index in [1.165, 1.54) is 19.4 Å². The lowest BCUT2D eigenvalue weighted by atomic mass is 10.2. The smallest absolute Gasteiger partial charge is 0.225 e. The Bertz CT molecular complexity index is 446. The van der Waals surface area contributed by atoms with E-state index in [2.05, 4.69) is 36.9 Å².